The highest BCUT2D eigenvalue weighted by atomic mass is 32.2. The molecule has 0 bridgehead atoms. The largest absolute Gasteiger partial charge is 0.478 e. The number of hydrogen-bond acceptors (Lipinski definition) is 7. The highest BCUT2D eigenvalue weighted by Crippen LogP contribution is 2.65. The number of thioether (sulfide) groups is 1. The van der Waals surface area contributed by atoms with Crippen molar-refractivity contribution >= 4 is 35.2 Å². The third-order valence-corrected chi connectivity index (χ3v) is 10.8. The van der Waals surface area contributed by atoms with Crippen LogP contribution in [0.15, 0.2) is 17.3 Å². The van der Waals surface area contributed by atoms with Gasteiger partial charge in [-0.25, -0.2) is 9.59 Å². The van der Waals surface area contributed by atoms with Crippen LogP contribution < -0.4 is 5.73 Å². The molecule has 1 unspecified atom stereocenters. The molecule has 0 aromatic rings. The van der Waals surface area contributed by atoms with Crippen LogP contribution >= 0.6 is 11.8 Å². The zero-order valence-corrected chi connectivity index (χ0v) is 21.6. The van der Waals surface area contributed by atoms with Crippen LogP contribution in [0.3, 0.4) is 0 Å². The van der Waals surface area contributed by atoms with E-state index in [4.69, 9.17) is 15.9 Å². The monoisotopic (exact) mass is 508 g/mol. The van der Waals surface area contributed by atoms with Crippen molar-refractivity contribution in [2.75, 3.05) is 12.3 Å². The molecule has 8 nitrogen and oxygen atoms in total. The third kappa shape index (κ3) is 5.77. The lowest BCUT2D eigenvalue weighted by Gasteiger charge is -2.60. The second-order valence-electron chi connectivity index (χ2n) is 11.1. The Morgan fingerprint density at radius 3 is 2.40 bits per heavy atom. The first-order valence-electron chi connectivity index (χ1n) is 12.8. The predicted octanol–water partition coefficient (Wildman–Crippen LogP) is 4.20. The van der Waals surface area contributed by atoms with Gasteiger partial charge in [0.2, 0.25) is 0 Å². The van der Waals surface area contributed by atoms with Crippen LogP contribution in [0.2, 0.25) is 0 Å². The van der Waals surface area contributed by atoms with Crippen molar-refractivity contribution in [2.45, 2.75) is 76.9 Å². The minimum atomic E-state index is -1.26. The number of carboxylic acid groups (broad SMARTS) is 2. The number of Topliss-reactive ketones (excluding diaryl/α,β-unsaturated/α-hetero) is 1. The molecule has 0 aliphatic heterocycles. The fourth-order valence-corrected chi connectivity index (χ4v) is 8.82. The molecule has 0 aromatic heterocycles. The molecule has 5 N–H and O–H groups in total. The van der Waals surface area contributed by atoms with Crippen molar-refractivity contribution in [3.63, 3.8) is 0 Å². The highest BCUT2D eigenvalue weighted by Gasteiger charge is 2.61. The van der Waals surface area contributed by atoms with Crippen molar-refractivity contribution in [3.8, 4) is 0 Å². The summed E-state index contributed by atoms with van der Waals surface area (Å²) in [6.07, 6.45) is 10.8. The van der Waals surface area contributed by atoms with Crippen molar-refractivity contribution in [3.05, 3.63) is 12.2 Å². The van der Waals surface area contributed by atoms with Crippen molar-refractivity contribution in [2.24, 2.45) is 45.4 Å². The summed E-state index contributed by atoms with van der Waals surface area (Å²) in [5.41, 5.74) is 6.82. The fraction of sp³-hybridized carbons (Fsp3) is 0.769. The first-order chi connectivity index (χ1) is 16.6. The number of rotatable bonds is 6. The number of nitrogens with zero attached hydrogens (tertiary/aromatic N) is 1. The first-order valence-corrected chi connectivity index (χ1v) is 13.8. The van der Waals surface area contributed by atoms with E-state index in [0.29, 0.717) is 46.9 Å². The molecular formula is C26H40N2O6S. The zero-order valence-electron chi connectivity index (χ0n) is 20.8. The van der Waals surface area contributed by atoms with Crippen molar-refractivity contribution < 1.29 is 29.8 Å². The van der Waals surface area contributed by atoms with Crippen LogP contribution in [0.1, 0.15) is 71.6 Å². The molecule has 0 spiro atoms. The van der Waals surface area contributed by atoms with Gasteiger partial charge in [-0.15, -0.1) is 0 Å². The normalized spacial score (nSPS) is 39.3. The van der Waals surface area contributed by atoms with Crippen LogP contribution in [0, 0.1) is 34.5 Å². The van der Waals surface area contributed by atoms with Crippen LogP contribution in [0.4, 0.5) is 0 Å². The molecule has 0 radical (unpaired) electrons. The van der Waals surface area contributed by atoms with Crippen LogP contribution in [0.5, 0.6) is 0 Å². The second kappa shape index (κ2) is 11.5. The lowest BCUT2D eigenvalue weighted by Crippen LogP contribution is -2.56. The molecule has 0 heterocycles. The number of carbonyl (C=O) groups excluding carboxylic acids is 1. The van der Waals surface area contributed by atoms with Crippen LogP contribution in [0.25, 0.3) is 0 Å². The van der Waals surface area contributed by atoms with Gasteiger partial charge in [-0.1, -0.05) is 19.0 Å². The molecule has 4 aliphatic rings. The molecule has 0 saturated heterocycles. The van der Waals surface area contributed by atoms with Gasteiger partial charge in [-0.3, -0.25) is 4.79 Å². The Morgan fingerprint density at radius 1 is 1.11 bits per heavy atom. The summed E-state index contributed by atoms with van der Waals surface area (Å²) in [5.74, 6) is 1.24. The maximum atomic E-state index is 12.6. The topological polar surface area (TPSA) is 150 Å². The van der Waals surface area contributed by atoms with Gasteiger partial charge in [0.1, 0.15) is 5.78 Å². The Bertz CT molecular complexity index is 860. The lowest BCUT2D eigenvalue weighted by atomic mass is 9.45. The summed E-state index contributed by atoms with van der Waals surface area (Å²) in [5, 5.41) is 30.0. The number of carboxylic acids is 2. The van der Waals surface area contributed by atoms with Crippen LogP contribution in [-0.2, 0) is 14.4 Å². The van der Waals surface area contributed by atoms with E-state index < -0.39 is 11.9 Å². The maximum Gasteiger partial charge on any atom is 0.328 e. The number of nitrogens with two attached hydrogens (primary N) is 1. The molecule has 0 aromatic carbocycles. The Morgan fingerprint density at radius 2 is 1.80 bits per heavy atom. The number of oxime groups is 1. The molecule has 4 aliphatic carbocycles. The van der Waals surface area contributed by atoms with Gasteiger partial charge < -0.3 is 21.2 Å². The summed E-state index contributed by atoms with van der Waals surface area (Å²) in [6, 6.07) is 0. The van der Waals surface area contributed by atoms with E-state index >= 15 is 0 Å². The SMILES string of the molecule is C[C@]12CCC(SCCCN)C[C@@H]1/C(=N/O)C[C@@H]1[C@@H]2CC[C@]2(C)C(=O)CC[C@@H]12.O=C(O)C=CC(=O)O. The molecule has 7 atom stereocenters. The fourth-order valence-electron chi connectivity index (χ4n) is 7.54. The van der Waals surface area contributed by atoms with Gasteiger partial charge in [0.15, 0.2) is 0 Å². The zero-order chi connectivity index (χ0) is 25.8. The van der Waals surface area contributed by atoms with Crippen molar-refractivity contribution in [1.29, 1.82) is 0 Å². The standard InChI is InChI=1S/C22H36N2O2S.C4H4O4/c1-21-8-6-14(27-11-3-10-23)12-18(21)19(24-26)13-15-16-4-5-20(25)22(16,2)9-7-17(15)21;5-3(6)1-2-4(7)8/h14-18,26H,3-13,23H2,1-2H3;1-2H,(H,5,6)(H,7,8)/b24-19+;/t14?,15-,16-,17-,18+,21+,22-;/m0./s1. The summed E-state index contributed by atoms with van der Waals surface area (Å²) < 4.78 is 0. The first kappa shape index (κ1) is 27.7. The number of fused-ring (bicyclic) bond motifs is 5. The summed E-state index contributed by atoms with van der Waals surface area (Å²) in [7, 11) is 0. The molecule has 0 amide bonds. The van der Waals surface area contributed by atoms with E-state index in [2.05, 4.69) is 30.8 Å². The Hall–Kier alpha value is -1.87. The second-order valence-corrected chi connectivity index (χ2v) is 12.5. The summed E-state index contributed by atoms with van der Waals surface area (Å²) >= 11 is 2.07. The van der Waals surface area contributed by atoms with Gasteiger partial charge in [-0.05, 0) is 86.8 Å². The quantitative estimate of drug-likeness (QED) is 0.180. The van der Waals surface area contributed by atoms with E-state index in [1.807, 2.05) is 0 Å². The number of carbonyl (C=O) groups is 3. The molecule has 9 heteroatoms. The smallest absolute Gasteiger partial charge is 0.328 e. The van der Waals surface area contributed by atoms with E-state index in [0.717, 1.165) is 56.5 Å². The van der Waals surface area contributed by atoms with E-state index in [1.54, 1.807) is 0 Å². The average molecular weight is 509 g/mol. The molecule has 4 rings (SSSR count). The van der Waals surface area contributed by atoms with Gasteiger partial charge in [0, 0.05) is 35.2 Å². The summed E-state index contributed by atoms with van der Waals surface area (Å²) in [4.78, 5) is 31.7. The van der Waals surface area contributed by atoms with Gasteiger partial charge in [0.05, 0.1) is 5.71 Å². The number of aliphatic carboxylic acids is 2. The van der Waals surface area contributed by atoms with Crippen LogP contribution in [-0.4, -0.2) is 56.4 Å². The molecule has 35 heavy (non-hydrogen) atoms. The maximum absolute atomic E-state index is 12.6. The molecule has 4 saturated carbocycles. The van der Waals surface area contributed by atoms with Gasteiger partial charge in [-0.2, -0.15) is 11.8 Å². The third-order valence-electron chi connectivity index (χ3n) is 9.34. The Balaban J connectivity index is 0.000000371. The average Bonchev–Trinajstić information content (AvgIpc) is 3.12. The Labute approximate surface area is 211 Å². The number of ketones is 1. The molecular weight excluding hydrogens is 468 g/mol. The summed E-state index contributed by atoms with van der Waals surface area (Å²) in [6.45, 7) is 5.46. The highest BCUT2D eigenvalue weighted by molar-refractivity contribution is 7.99. The minimum absolute atomic E-state index is 0.111. The predicted molar refractivity (Wildman–Crippen MR) is 136 cm³/mol. The van der Waals surface area contributed by atoms with Gasteiger partial charge in [0.25, 0.3) is 0 Å². The lowest BCUT2D eigenvalue weighted by molar-refractivity contribution is -0.134. The van der Waals surface area contributed by atoms with Crippen molar-refractivity contribution in [1.82, 2.24) is 0 Å². The van der Waals surface area contributed by atoms with E-state index in [9.17, 15) is 19.6 Å². The van der Waals surface area contributed by atoms with E-state index in [-0.39, 0.29) is 10.8 Å². The molecule has 196 valence electrons. The Kier molecular flexibility index (Phi) is 9.07. The van der Waals surface area contributed by atoms with Gasteiger partial charge >= 0.3 is 11.9 Å². The van der Waals surface area contributed by atoms with E-state index in [1.165, 1.54) is 19.3 Å². The minimum Gasteiger partial charge on any atom is -0.478 e. The molecule has 4 fully saturated rings. The number of hydrogen-bond donors (Lipinski definition) is 4.